The Kier molecular flexibility index (Phi) is 27.4. The molecule has 104 heavy (non-hydrogen) atoms. The zero-order valence-corrected chi connectivity index (χ0v) is 66.5. The first-order valence-electron chi connectivity index (χ1n) is 35.2. The summed E-state index contributed by atoms with van der Waals surface area (Å²) in [7, 11) is -0.331. The largest absolute Gasteiger partial charge is 0.498 e. The van der Waals surface area contributed by atoms with Crippen molar-refractivity contribution in [3.63, 3.8) is 0 Å². The van der Waals surface area contributed by atoms with Crippen LogP contribution in [0.4, 0.5) is 15.4 Å². The molecule has 0 aromatic carbocycles. The molecule has 15 heterocycles. The average Bonchev–Trinajstić information content (AvgIpc) is 1.61. The van der Waals surface area contributed by atoms with Gasteiger partial charge in [0.05, 0.1) is 117 Å². The molecule has 0 unspecified atom stereocenters. The number of hydrogen-bond acceptors (Lipinski definition) is 26. The number of halogens is 3. The number of aromatic nitrogens is 12. The molecule has 0 bridgehead atoms. The van der Waals surface area contributed by atoms with E-state index in [1.165, 1.54) is 24.0 Å². The number of amides is 2. The van der Waals surface area contributed by atoms with Gasteiger partial charge in [-0.1, -0.05) is 23.2 Å². The van der Waals surface area contributed by atoms with Crippen molar-refractivity contribution in [2.75, 3.05) is 156 Å². The second kappa shape index (κ2) is 36.2. The van der Waals surface area contributed by atoms with E-state index >= 15 is 0 Å². The summed E-state index contributed by atoms with van der Waals surface area (Å²) in [4.78, 5) is 64.4. The van der Waals surface area contributed by atoms with E-state index < -0.39 is 5.60 Å². The van der Waals surface area contributed by atoms with E-state index in [9.17, 15) is 9.59 Å². The van der Waals surface area contributed by atoms with Crippen molar-refractivity contribution in [3.8, 4) is 20.9 Å². The van der Waals surface area contributed by atoms with Crippen LogP contribution in [-0.4, -0.2) is 276 Å². The Morgan fingerprint density at radius 1 is 0.519 bits per heavy atom. The van der Waals surface area contributed by atoms with E-state index in [1.807, 2.05) is 92.5 Å². The Balaban J connectivity index is 0.000000138. The monoisotopic (exact) mass is 1590 g/mol. The lowest BCUT2D eigenvalue weighted by Crippen LogP contribution is -2.50. The molecule has 9 aromatic heterocycles. The molecule has 15 rings (SSSR count). The number of piperazine rings is 2. The first kappa shape index (κ1) is 78.9. The average molecular weight is 1590 g/mol. The highest BCUT2D eigenvalue weighted by atomic mass is 79.9. The Hall–Kier alpha value is -6.15. The van der Waals surface area contributed by atoms with Crippen LogP contribution in [0.25, 0.3) is 51.5 Å². The summed E-state index contributed by atoms with van der Waals surface area (Å²) in [6.45, 7) is 41.9. The Morgan fingerprint density at radius 3 is 1.38 bits per heavy atom. The van der Waals surface area contributed by atoms with Gasteiger partial charge in [-0.25, -0.2) is 39.5 Å². The summed E-state index contributed by atoms with van der Waals surface area (Å²) >= 11 is 20.1. The molecule has 0 spiro atoms. The number of morpholine rings is 3. The maximum Gasteiger partial charge on any atom is 0.498 e. The zero-order valence-electron chi connectivity index (χ0n) is 61.0. The summed E-state index contributed by atoms with van der Waals surface area (Å²) < 4.78 is 48.9. The van der Waals surface area contributed by atoms with Crippen LogP contribution >= 0.6 is 73.1 Å². The predicted octanol–water partition coefficient (Wildman–Crippen LogP) is 9.93. The van der Waals surface area contributed by atoms with Gasteiger partial charge < -0.3 is 53.0 Å². The van der Waals surface area contributed by atoms with Crippen molar-refractivity contribution in [2.24, 2.45) is 0 Å². The van der Waals surface area contributed by atoms with Gasteiger partial charge in [0.25, 0.3) is 0 Å². The predicted molar refractivity (Wildman–Crippen MR) is 413 cm³/mol. The van der Waals surface area contributed by atoms with Gasteiger partial charge in [-0.2, -0.15) is 15.3 Å². The quantitative estimate of drug-likeness (QED) is 0.0831. The van der Waals surface area contributed by atoms with Gasteiger partial charge in [0.1, 0.15) is 46.3 Å². The van der Waals surface area contributed by atoms with Crippen molar-refractivity contribution >= 4 is 134 Å². The molecule has 6 aliphatic rings. The van der Waals surface area contributed by atoms with Crippen molar-refractivity contribution < 1.29 is 42.6 Å². The fourth-order valence-corrected chi connectivity index (χ4v) is 15.6. The lowest BCUT2D eigenvalue weighted by Gasteiger charge is -2.36. The third-order valence-corrected chi connectivity index (χ3v) is 22.8. The molecule has 0 aliphatic carbocycles. The number of fused-ring (bicyclic) bond motifs is 3. The van der Waals surface area contributed by atoms with Crippen LogP contribution in [0.3, 0.4) is 0 Å². The molecule has 0 atom stereocenters. The molecule has 35 heteroatoms. The number of nitrogens with zero attached hydrogens (tertiary/aromatic N) is 18. The first-order valence-corrected chi connectivity index (χ1v) is 39.2. The minimum Gasteiger partial charge on any atom is -0.444 e. The third-order valence-electron chi connectivity index (χ3n) is 18.1. The number of anilines is 1. The van der Waals surface area contributed by atoms with Crippen LogP contribution < -0.4 is 15.7 Å². The van der Waals surface area contributed by atoms with Crippen LogP contribution in [0.2, 0.25) is 10.3 Å². The van der Waals surface area contributed by atoms with Crippen LogP contribution in [0.1, 0.15) is 69.2 Å². The maximum absolute atomic E-state index is 12.4. The highest BCUT2D eigenvalue weighted by molar-refractivity contribution is 9.11. The Bertz CT molecular complexity index is 4210. The topological polar surface area (TPSA) is 261 Å². The van der Waals surface area contributed by atoms with Crippen LogP contribution in [0.5, 0.6) is 0 Å². The van der Waals surface area contributed by atoms with Gasteiger partial charge in [-0.05, 0) is 103 Å². The smallest absolute Gasteiger partial charge is 0.444 e. The van der Waals surface area contributed by atoms with Gasteiger partial charge in [0.2, 0.25) is 0 Å². The number of nitrogens with one attached hydrogen (secondary N) is 1. The van der Waals surface area contributed by atoms with E-state index in [2.05, 4.69) is 132 Å². The van der Waals surface area contributed by atoms with Gasteiger partial charge in [-0.3, -0.25) is 28.7 Å². The van der Waals surface area contributed by atoms with Crippen LogP contribution in [0.15, 0.2) is 78.1 Å². The van der Waals surface area contributed by atoms with Crippen molar-refractivity contribution in [3.05, 3.63) is 88.5 Å². The fourth-order valence-electron chi connectivity index (χ4n) is 11.6. The molecular formula is C69H95BBrCl2N19O9S3. The summed E-state index contributed by atoms with van der Waals surface area (Å²) in [5.74, 6) is 0.926. The van der Waals surface area contributed by atoms with Gasteiger partial charge in [0, 0.05) is 162 Å². The minimum atomic E-state index is -0.489. The normalized spacial score (nSPS) is 18.3. The van der Waals surface area contributed by atoms with Crippen molar-refractivity contribution in [1.82, 2.24) is 89.1 Å². The molecule has 0 saturated carbocycles. The van der Waals surface area contributed by atoms with Gasteiger partial charge >= 0.3 is 19.3 Å². The number of carbonyl (C=O) groups is 2. The maximum atomic E-state index is 12.4. The molecule has 562 valence electrons. The molecule has 6 aliphatic heterocycles. The molecule has 0 radical (unpaired) electrons. The number of rotatable bonds is 13. The number of ether oxygens (including phenoxy) is 5. The van der Waals surface area contributed by atoms with E-state index in [-0.39, 0.29) is 36.1 Å². The second-order valence-electron chi connectivity index (χ2n) is 28.6. The summed E-state index contributed by atoms with van der Waals surface area (Å²) in [6.07, 6.45) is 16.0. The summed E-state index contributed by atoms with van der Waals surface area (Å²) in [6, 6.07) is 6.08. The molecule has 9 aromatic rings. The Morgan fingerprint density at radius 2 is 0.923 bits per heavy atom. The number of thiophene rings is 3. The van der Waals surface area contributed by atoms with Crippen LogP contribution in [0, 0.1) is 0 Å². The lowest BCUT2D eigenvalue weighted by molar-refractivity contribution is 0.00578. The molecule has 28 nitrogen and oxygen atoms in total. The molecular weight excluding hydrogens is 1500 g/mol. The standard InChI is InChI=1S/C24H33N7O3S.C15H26BN3O3.C15H16ClN5OS.C9H18N2O2.C6H2BrClN2S/c1-24(2,3)34-23(32)30-7-5-29(6-8-30)22-21-19(25-17-26-22)14-20(35-21)18-15-27-31(16-18)9-4-28-10-12-33-13-11-28;1-14(2)15(3,4)22-16(21-14)13-11-17-19(12-13)6-5-18-7-9-20-10-8-18;16-15-14-12(17-10-18-15)7-13(23-14)11-8-19-21(9-11)2-1-20-3-5-22-6-4-20;1-9(2,3)13-8(12)11-6-4-10-5-7-11;7-4-1-3-5(11-4)6(8)10-2-9-3/h14-17H,4-13H2,1-3H3;11-12H,5-10H2,1-4H3;7-10H,1-6H2;10H,4-7H2,1-3H3;1-2H. The summed E-state index contributed by atoms with van der Waals surface area (Å²) in [5.41, 5.74) is 4.38. The third kappa shape index (κ3) is 22.3. The van der Waals surface area contributed by atoms with Crippen LogP contribution in [-0.2, 0) is 52.6 Å². The van der Waals surface area contributed by atoms with E-state index in [0.717, 1.165) is 211 Å². The highest BCUT2D eigenvalue weighted by Gasteiger charge is 2.52. The van der Waals surface area contributed by atoms with Crippen molar-refractivity contribution in [1.29, 1.82) is 0 Å². The van der Waals surface area contributed by atoms with E-state index in [4.69, 9.17) is 56.2 Å². The van der Waals surface area contributed by atoms with Gasteiger partial charge in [-0.15, -0.1) is 34.0 Å². The lowest BCUT2D eigenvalue weighted by atomic mass is 9.82. The van der Waals surface area contributed by atoms with Crippen molar-refractivity contribution in [2.45, 2.75) is 111 Å². The molecule has 6 fully saturated rings. The second-order valence-corrected chi connectivity index (χ2v) is 33.8. The minimum absolute atomic E-state index is 0.200. The van der Waals surface area contributed by atoms with E-state index in [1.54, 1.807) is 38.8 Å². The SMILES string of the molecule is CC(C)(C)OC(=O)N1CCN(c2ncnc3cc(-c4cnn(CCN5CCOCC5)c4)sc23)CC1.CC(C)(C)OC(=O)N1CCNCC1.CC1(C)OB(c2cnn(CCN3CCOCC3)c2)OC1(C)C.Clc1ncnc2cc(-c3cnn(CCN4CCOCC4)c3)sc12.Clc1ncnc2cc(Br)sc12. The molecule has 2 amide bonds. The Labute approximate surface area is 638 Å². The number of carbonyl (C=O) groups excluding carboxylic acids is 2. The first-order chi connectivity index (χ1) is 49.8. The zero-order chi connectivity index (χ0) is 73.6. The number of hydrogen-bond donors (Lipinski definition) is 1. The summed E-state index contributed by atoms with van der Waals surface area (Å²) in [5, 5.41) is 17.7. The molecule has 1 N–H and O–H groups in total. The van der Waals surface area contributed by atoms with Gasteiger partial charge in [0.15, 0.2) is 0 Å². The fraction of sp³-hybridized carbons (Fsp3) is 0.580. The van der Waals surface area contributed by atoms with E-state index in [0.29, 0.717) is 36.5 Å². The highest BCUT2D eigenvalue weighted by Crippen LogP contribution is 2.39. The molecule has 6 saturated heterocycles.